The second-order valence-corrected chi connectivity index (χ2v) is 9.62. The quantitative estimate of drug-likeness (QED) is 0.369. The molecule has 3 heterocycles. The fourth-order valence-electron chi connectivity index (χ4n) is 5.27. The van der Waals surface area contributed by atoms with Crippen molar-refractivity contribution in [3.63, 3.8) is 0 Å². The van der Waals surface area contributed by atoms with Gasteiger partial charge in [-0.05, 0) is 17.7 Å². The summed E-state index contributed by atoms with van der Waals surface area (Å²) in [5.74, 6) is 1.53. The van der Waals surface area contributed by atoms with Gasteiger partial charge in [-0.25, -0.2) is 9.78 Å². The van der Waals surface area contributed by atoms with Gasteiger partial charge in [0.2, 0.25) is 6.79 Å². The van der Waals surface area contributed by atoms with Crippen LogP contribution in [-0.4, -0.2) is 62.1 Å². The minimum atomic E-state index is -0.261. The molecule has 0 saturated carbocycles. The van der Waals surface area contributed by atoms with Gasteiger partial charge >= 0.3 is 6.03 Å². The first kappa shape index (κ1) is 24.2. The molecule has 8 heteroatoms. The number of nitrogens with zero attached hydrogens (tertiary/aromatic N) is 2. The highest BCUT2D eigenvalue weighted by atomic mass is 16.7. The first-order valence-electron chi connectivity index (χ1n) is 12.8. The third-order valence-corrected chi connectivity index (χ3v) is 7.16. The van der Waals surface area contributed by atoms with E-state index in [1.54, 1.807) is 7.11 Å². The van der Waals surface area contributed by atoms with E-state index in [4.69, 9.17) is 19.2 Å². The van der Waals surface area contributed by atoms with E-state index < -0.39 is 0 Å². The minimum Gasteiger partial charge on any atom is -0.454 e. The molecule has 2 aliphatic heterocycles. The van der Waals surface area contributed by atoms with E-state index in [0.717, 1.165) is 36.1 Å². The lowest BCUT2D eigenvalue weighted by atomic mass is 9.94. The van der Waals surface area contributed by atoms with Crippen LogP contribution in [0.2, 0.25) is 0 Å². The van der Waals surface area contributed by atoms with E-state index in [-0.39, 0.29) is 24.8 Å². The summed E-state index contributed by atoms with van der Waals surface area (Å²) in [5.41, 5.74) is 4.22. The van der Waals surface area contributed by atoms with Crippen LogP contribution in [0, 0.1) is 0 Å². The Morgan fingerprint density at radius 1 is 1.00 bits per heavy atom. The molecule has 4 aromatic rings. The summed E-state index contributed by atoms with van der Waals surface area (Å²) in [6, 6.07) is 25.6. The van der Waals surface area contributed by atoms with E-state index in [0.29, 0.717) is 29.5 Å². The number of carbonyl (C=O) groups is 1. The molecule has 1 fully saturated rings. The molecule has 38 heavy (non-hydrogen) atoms. The Hall–Kier alpha value is -4.14. The number of likely N-dealkylation sites (tertiary alicyclic amines) is 1. The first-order chi connectivity index (χ1) is 18.7. The van der Waals surface area contributed by atoms with Gasteiger partial charge in [0, 0.05) is 49.7 Å². The van der Waals surface area contributed by atoms with E-state index in [2.05, 4.69) is 27.7 Å². The second-order valence-electron chi connectivity index (χ2n) is 9.62. The number of nitrogens with one attached hydrogen (secondary N) is 2. The van der Waals surface area contributed by atoms with Gasteiger partial charge in [-0.3, -0.25) is 4.90 Å². The van der Waals surface area contributed by atoms with E-state index in [1.165, 1.54) is 5.56 Å². The maximum Gasteiger partial charge on any atom is 0.319 e. The van der Waals surface area contributed by atoms with Gasteiger partial charge in [-0.15, -0.1) is 0 Å². The summed E-state index contributed by atoms with van der Waals surface area (Å²) in [6.07, 6.45) is 0. The van der Waals surface area contributed by atoms with Crippen molar-refractivity contribution in [3.8, 4) is 22.8 Å². The predicted molar refractivity (Wildman–Crippen MR) is 147 cm³/mol. The number of ether oxygens (including phenoxy) is 3. The van der Waals surface area contributed by atoms with Gasteiger partial charge in [0.25, 0.3) is 0 Å². The van der Waals surface area contributed by atoms with Gasteiger partial charge in [-0.1, -0.05) is 60.7 Å². The highest BCUT2D eigenvalue weighted by Gasteiger charge is 2.34. The van der Waals surface area contributed by atoms with E-state index in [1.807, 2.05) is 66.7 Å². The highest BCUT2D eigenvalue weighted by Crippen LogP contribution is 2.38. The zero-order chi connectivity index (χ0) is 25.9. The normalized spacial score (nSPS) is 18.6. The maximum absolute atomic E-state index is 13.4. The largest absolute Gasteiger partial charge is 0.454 e. The number of benzene rings is 3. The molecule has 0 unspecified atom stereocenters. The Balaban J connectivity index is 1.28. The summed E-state index contributed by atoms with van der Waals surface area (Å²) >= 11 is 0. The fourth-order valence-corrected chi connectivity index (χ4v) is 5.27. The number of anilines is 1. The third-order valence-electron chi connectivity index (χ3n) is 7.16. The smallest absolute Gasteiger partial charge is 0.319 e. The first-order valence-corrected chi connectivity index (χ1v) is 12.8. The molecule has 2 aliphatic rings. The number of fused-ring (bicyclic) bond motifs is 2. The summed E-state index contributed by atoms with van der Waals surface area (Å²) in [4.78, 5) is 20.7. The van der Waals surface area contributed by atoms with Gasteiger partial charge in [-0.2, -0.15) is 0 Å². The van der Waals surface area contributed by atoms with Crippen LogP contribution in [0.3, 0.4) is 0 Å². The standard InChI is InChI=1S/C30H30N4O4/c1-36-13-12-34-17-23(20-8-4-2-5-9-20)26(18-34)33-30(35)32-25-14-22-15-27-28(38-19-37-27)16-24(22)31-29(25)21-10-6-3-7-11-21/h2-11,14-16,23,26H,12-13,17-19H2,1H3,(H2,32,33,35)/t23-,26+/m0/s1. The zero-order valence-corrected chi connectivity index (χ0v) is 21.2. The topological polar surface area (TPSA) is 85.0 Å². The summed E-state index contributed by atoms with van der Waals surface area (Å²) in [6.45, 7) is 3.28. The number of carbonyl (C=O) groups excluding carboxylic acids is 1. The number of urea groups is 1. The Labute approximate surface area is 221 Å². The van der Waals surface area contributed by atoms with Gasteiger partial charge in [0.05, 0.1) is 29.5 Å². The lowest BCUT2D eigenvalue weighted by molar-refractivity contribution is 0.159. The van der Waals surface area contributed by atoms with Crippen molar-refractivity contribution < 1.29 is 19.0 Å². The van der Waals surface area contributed by atoms with Crippen molar-refractivity contribution in [1.82, 2.24) is 15.2 Å². The molecular formula is C30H30N4O4. The lowest BCUT2D eigenvalue weighted by Gasteiger charge is -2.21. The van der Waals surface area contributed by atoms with Crippen LogP contribution >= 0.6 is 0 Å². The molecule has 3 aromatic carbocycles. The molecule has 8 nitrogen and oxygen atoms in total. The lowest BCUT2D eigenvalue weighted by Crippen LogP contribution is -2.42. The highest BCUT2D eigenvalue weighted by molar-refractivity contribution is 5.98. The van der Waals surface area contributed by atoms with Crippen molar-refractivity contribution in [2.75, 3.05) is 45.5 Å². The van der Waals surface area contributed by atoms with E-state index >= 15 is 0 Å². The summed E-state index contributed by atoms with van der Waals surface area (Å²) in [5, 5.41) is 7.20. The molecule has 2 atom stereocenters. The van der Waals surface area contributed by atoms with Crippen LogP contribution < -0.4 is 20.1 Å². The van der Waals surface area contributed by atoms with Crippen molar-refractivity contribution in [1.29, 1.82) is 0 Å². The molecule has 2 amide bonds. The number of rotatable bonds is 7. The van der Waals surface area contributed by atoms with Crippen molar-refractivity contribution >= 4 is 22.6 Å². The Kier molecular flexibility index (Phi) is 6.81. The number of methoxy groups -OCH3 is 1. The van der Waals surface area contributed by atoms with Crippen molar-refractivity contribution in [2.24, 2.45) is 0 Å². The van der Waals surface area contributed by atoms with Crippen LogP contribution in [-0.2, 0) is 4.74 Å². The molecule has 1 saturated heterocycles. The molecule has 0 radical (unpaired) electrons. The van der Waals surface area contributed by atoms with Gasteiger partial charge < -0.3 is 24.8 Å². The summed E-state index contributed by atoms with van der Waals surface area (Å²) in [7, 11) is 1.71. The van der Waals surface area contributed by atoms with Crippen molar-refractivity contribution in [3.05, 3.63) is 84.4 Å². The molecule has 0 spiro atoms. The maximum atomic E-state index is 13.4. The minimum absolute atomic E-state index is 0.0448. The second kappa shape index (κ2) is 10.7. The molecule has 6 rings (SSSR count). The predicted octanol–water partition coefficient (Wildman–Crippen LogP) is 4.87. The number of amides is 2. The zero-order valence-electron chi connectivity index (χ0n) is 21.2. The average Bonchev–Trinajstić information content (AvgIpc) is 3.57. The molecule has 1 aromatic heterocycles. The molecule has 0 bridgehead atoms. The number of hydrogen-bond acceptors (Lipinski definition) is 6. The molecular weight excluding hydrogens is 480 g/mol. The SMILES string of the molecule is COCCN1C[C@@H](NC(=O)Nc2cc3cc4c(cc3nc2-c2ccccc2)OCO4)[C@H](c2ccccc2)C1. The van der Waals surface area contributed by atoms with E-state index in [9.17, 15) is 4.79 Å². The van der Waals surface area contributed by atoms with Gasteiger partial charge in [0.1, 0.15) is 0 Å². The average molecular weight is 511 g/mol. The number of hydrogen-bond donors (Lipinski definition) is 2. The number of pyridine rings is 1. The van der Waals surface area contributed by atoms with Crippen LogP contribution in [0.4, 0.5) is 10.5 Å². The summed E-state index contributed by atoms with van der Waals surface area (Å²) < 4.78 is 16.4. The fraction of sp³-hybridized carbons (Fsp3) is 0.267. The van der Waals surface area contributed by atoms with Crippen LogP contribution in [0.1, 0.15) is 11.5 Å². The molecule has 2 N–H and O–H groups in total. The van der Waals surface area contributed by atoms with Crippen molar-refractivity contribution in [2.45, 2.75) is 12.0 Å². The third kappa shape index (κ3) is 5.01. The van der Waals surface area contributed by atoms with Gasteiger partial charge in [0.15, 0.2) is 11.5 Å². The monoisotopic (exact) mass is 510 g/mol. The molecule has 0 aliphatic carbocycles. The van der Waals surface area contributed by atoms with Crippen LogP contribution in [0.25, 0.3) is 22.2 Å². The Bertz CT molecular complexity index is 1430. The van der Waals surface area contributed by atoms with Crippen LogP contribution in [0.5, 0.6) is 11.5 Å². The van der Waals surface area contributed by atoms with Crippen LogP contribution in [0.15, 0.2) is 78.9 Å². The Morgan fingerprint density at radius 3 is 2.50 bits per heavy atom. The number of aromatic nitrogens is 1. The Morgan fingerprint density at radius 2 is 1.74 bits per heavy atom. The molecule has 194 valence electrons.